The summed E-state index contributed by atoms with van der Waals surface area (Å²) >= 11 is 5.85. The summed E-state index contributed by atoms with van der Waals surface area (Å²) in [5, 5.41) is 0.510. The minimum absolute atomic E-state index is 0.510. The Morgan fingerprint density at radius 3 is 2.50 bits per heavy atom. The second-order valence-corrected chi connectivity index (χ2v) is 5.23. The first-order valence-corrected chi connectivity index (χ1v) is 5.73. The van der Waals surface area contributed by atoms with E-state index in [2.05, 4.69) is 4.36 Å². The van der Waals surface area contributed by atoms with Crippen LogP contribution in [0.4, 0.5) is 0 Å². The summed E-state index contributed by atoms with van der Waals surface area (Å²) < 4.78 is 15.5. The fourth-order valence-electron chi connectivity index (χ4n) is 0.850. The lowest BCUT2D eigenvalue weighted by molar-refractivity contribution is 0.680. The van der Waals surface area contributed by atoms with Crippen LogP contribution in [-0.4, -0.2) is 17.5 Å². The summed E-state index contributed by atoms with van der Waals surface area (Å²) in [5.41, 5.74) is 0. The molecule has 0 aliphatic rings. The first kappa shape index (κ1) is 9.55. The third kappa shape index (κ3) is 1.79. The third-order valence-electron chi connectivity index (χ3n) is 1.59. The van der Waals surface area contributed by atoms with E-state index < -0.39 is 9.73 Å². The van der Waals surface area contributed by atoms with Crippen LogP contribution in [0.3, 0.4) is 0 Å². The van der Waals surface area contributed by atoms with Gasteiger partial charge in [-0.2, -0.15) is 0 Å². The van der Waals surface area contributed by atoms with Gasteiger partial charge in [-0.15, -0.1) is 0 Å². The maximum Gasteiger partial charge on any atom is 0.0735 e. The molecule has 0 saturated heterocycles. The van der Waals surface area contributed by atoms with E-state index in [1.165, 1.54) is 7.05 Å². The summed E-state index contributed by atoms with van der Waals surface area (Å²) in [6, 6.07) is 7.05. The molecule has 1 atom stereocenters. The first-order chi connectivity index (χ1) is 5.58. The summed E-state index contributed by atoms with van der Waals surface area (Å²) in [7, 11) is -0.752. The zero-order valence-corrected chi connectivity index (χ0v) is 8.52. The number of halogens is 1. The van der Waals surface area contributed by atoms with E-state index in [0.29, 0.717) is 9.92 Å². The van der Waals surface area contributed by atoms with Gasteiger partial charge in [-0.1, -0.05) is 23.7 Å². The van der Waals surface area contributed by atoms with Crippen LogP contribution >= 0.6 is 11.6 Å². The molecule has 0 aliphatic heterocycles. The Kier molecular flexibility index (Phi) is 2.75. The van der Waals surface area contributed by atoms with Crippen molar-refractivity contribution in [2.45, 2.75) is 4.90 Å². The molecule has 4 heteroatoms. The molecule has 0 saturated carbocycles. The van der Waals surface area contributed by atoms with Crippen molar-refractivity contribution in [2.24, 2.45) is 4.36 Å². The molecule has 0 aliphatic carbocycles. The van der Waals surface area contributed by atoms with Gasteiger partial charge in [0.15, 0.2) is 0 Å². The Labute approximate surface area is 77.7 Å². The van der Waals surface area contributed by atoms with E-state index in [9.17, 15) is 4.21 Å². The lowest BCUT2D eigenvalue weighted by Gasteiger charge is -2.03. The first-order valence-electron chi connectivity index (χ1n) is 3.43. The highest BCUT2D eigenvalue weighted by molar-refractivity contribution is 7.93. The predicted molar refractivity (Wildman–Crippen MR) is 52.1 cm³/mol. The van der Waals surface area contributed by atoms with Crippen molar-refractivity contribution >= 4 is 21.3 Å². The lowest BCUT2D eigenvalue weighted by atomic mass is 10.4. The predicted octanol–water partition coefficient (Wildman–Crippen LogP) is 2.43. The van der Waals surface area contributed by atoms with Crippen molar-refractivity contribution in [3.63, 3.8) is 0 Å². The maximum atomic E-state index is 11.7. The minimum atomic E-state index is -2.29. The highest BCUT2D eigenvalue weighted by Crippen LogP contribution is 2.21. The summed E-state index contributed by atoms with van der Waals surface area (Å²) in [6.45, 7) is 0. The molecule has 0 aromatic heterocycles. The standard InChI is InChI=1S/C8H10ClNOS/c1-10-12(2,11)8-6-4-3-5-7(8)9/h3-6H,1-2H3/t12-/m1/s1. The third-order valence-corrected chi connectivity index (χ3v) is 3.90. The van der Waals surface area contributed by atoms with Crippen molar-refractivity contribution in [2.75, 3.05) is 13.3 Å². The van der Waals surface area contributed by atoms with Crippen LogP contribution in [0.25, 0.3) is 0 Å². The van der Waals surface area contributed by atoms with Gasteiger partial charge in [-0.05, 0) is 12.1 Å². The molecule has 0 heterocycles. The zero-order valence-electron chi connectivity index (χ0n) is 6.95. The number of hydrogen-bond acceptors (Lipinski definition) is 2. The molecule has 0 radical (unpaired) electrons. The van der Waals surface area contributed by atoms with Crippen molar-refractivity contribution in [3.05, 3.63) is 29.3 Å². The van der Waals surface area contributed by atoms with Gasteiger partial charge in [0.25, 0.3) is 0 Å². The minimum Gasteiger partial charge on any atom is -0.245 e. The Bertz CT molecular complexity index is 394. The molecule has 2 nitrogen and oxygen atoms in total. The van der Waals surface area contributed by atoms with Crippen LogP contribution in [0, 0.1) is 0 Å². The summed E-state index contributed by atoms with van der Waals surface area (Å²) in [4.78, 5) is 0.606. The topological polar surface area (TPSA) is 29.4 Å². The molecule has 0 N–H and O–H groups in total. The molecule has 0 bridgehead atoms. The number of nitrogens with zero attached hydrogens (tertiary/aromatic N) is 1. The van der Waals surface area contributed by atoms with Crippen LogP contribution in [0.1, 0.15) is 0 Å². The van der Waals surface area contributed by atoms with Gasteiger partial charge in [-0.25, -0.2) is 8.57 Å². The average molecular weight is 204 g/mol. The van der Waals surface area contributed by atoms with Crippen molar-refractivity contribution in [3.8, 4) is 0 Å². The normalized spacial score (nSPS) is 15.2. The maximum absolute atomic E-state index is 11.7. The van der Waals surface area contributed by atoms with Crippen LogP contribution in [0.15, 0.2) is 33.5 Å². The molecule has 1 rings (SSSR count). The largest absolute Gasteiger partial charge is 0.245 e. The van der Waals surface area contributed by atoms with Gasteiger partial charge < -0.3 is 0 Å². The highest BCUT2D eigenvalue weighted by Gasteiger charge is 2.07. The second-order valence-electron chi connectivity index (χ2n) is 2.42. The molecule has 0 spiro atoms. The summed E-state index contributed by atoms with van der Waals surface area (Å²) in [5.74, 6) is 0. The van der Waals surface area contributed by atoms with E-state index >= 15 is 0 Å². The molecule has 0 amide bonds. The second kappa shape index (κ2) is 3.46. The van der Waals surface area contributed by atoms with E-state index in [-0.39, 0.29) is 0 Å². The quantitative estimate of drug-likeness (QED) is 0.690. The number of hydrogen-bond donors (Lipinski definition) is 0. The van der Waals surface area contributed by atoms with Crippen LogP contribution in [0.2, 0.25) is 5.02 Å². The van der Waals surface area contributed by atoms with Gasteiger partial charge in [0.1, 0.15) is 0 Å². The SMILES string of the molecule is CN=[S@](C)(=O)c1ccccc1Cl. The fourth-order valence-corrected chi connectivity index (χ4v) is 2.37. The van der Waals surface area contributed by atoms with Crippen molar-refractivity contribution < 1.29 is 4.21 Å². The molecule has 0 fully saturated rings. The van der Waals surface area contributed by atoms with Gasteiger partial charge >= 0.3 is 0 Å². The highest BCUT2D eigenvalue weighted by atomic mass is 35.5. The van der Waals surface area contributed by atoms with Crippen LogP contribution in [-0.2, 0) is 9.73 Å². The Balaban J connectivity index is 3.40. The molecule has 12 heavy (non-hydrogen) atoms. The van der Waals surface area contributed by atoms with E-state index in [0.717, 1.165) is 0 Å². The molecule has 1 aromatic carbocycles. The molecular weight excluding hydrogens is 194 g/mol. The zero-order chi connectivity index (χ0) is 9.19. The number of rotatable bonds is 1. The lowest BCUT2D eigenvalue weighted by Crippen LogP contribution is -1.97. The van der Waals surface area contributed by atoms with E-state index in [1.54, 1.807) is 30.5 Å². The monoisotopic (exact) mass is 203 g/mol. The van der Waals surface area contributed by atoms with Crippen molar-refractivity contribution in [1.29, 1.82) is 0 Å². The Morgan fingerprint density at radius 1 is 1.42 bits per heavy atom. The molecule has 0 unspecified atom stereocenters. The van der Waals surface area contributed by atoms with Crippen molar-refractivity contribution in [1.82, 2.24) is 0 Å². The molecular formula is C8H10ClNOS. The van der Waals surface area contributed by atoms with Gasteiger partial charge in [0, 0.05) is 13.3 Å². The van der Waals surface area contributed by atoms with E-state index in [1.807, 2.05) is 0 Å². The van der Waals surface area contributed by atoms with Crippen LogP contribution in [0.5, 0.6) is 0 Å². The smallest absolute Gasteiger partial charge is 0.0735 e. The van der Waals surface area contributed by atoms with Gasteiger partial charge in [0.2, 0.25) is 0 Å². The molecule has 1 aromatic rings. The molecule has 66 valence electrons. The fraction of sp³-hybridized carbons (Fsp3) is 0.250. The summed E-state index contributed by atoms with van der Waals surface area (Å²) in [6.07, 6.45) is 1.58. The van der Waals surface area contributed by atoms with Gasteiger partial charge in [-0.3, -0.25) is 0 Å². The Hall–Kier alpha value is -0.540. The number of benzene rings is 1. The van der Waals surface area contributed by atoms with Crippen LogP contribution < -0.4 is 0 Å². The Morgan fingerprint density at radius 2 is 2.00 bits per heavy atom. The van der Waals surface area contributed by atoms with E-state index in [4.69, 9.17) is 11.6 Å². The van der Waals surface area contributed by atoms with Gasteiger partial charge in [0.05, 0.1) is 19.6 Å². The average Bonchev–Trinajstić information content (AvgIpc) is 2.05.